The van der Waals surface area contributed by atoms with E-state index in [9.17, 15) is 0 Å². The zero-order valence-corrected chi connectivity index (χ0v) is 9.08. The zero-order chi connectivity index (χ0) is 9.26. The number of rotatable bonds is 3. The van der Waals surface area contributed by atoms with Crippen molar-refractivity contribution >= 4 is 22.9 Å². The summed E-state index contributed by atoms with van der Waals surface area (Å²) >= 11 is 7.52. The highest BCUT2D eigenvalue weighted by Gasteiger charge is 2.19. The summed E-state index contributed by atoms with van der Waals surface area (Å²) in [5.74, 6) is 0. The molecule has 2 rings (SSSR count). The molecular formula is C9H13ClN2S. The van der Waals surface area contributed by atoms with Gasteiger partial charge in [0.05, 0.1) is 4.34 Å². The molecule has 1 aliphatic rings. The summed E-state index contributed by atoms with van der Waals surface area (Å²) < 4.78 is 0.871. The topological polar surface area (TPSA) is 24.1 Å². The van der Waals surface area contributed by atoms with Gasteiger partial charge in [0, 0.05) is 30.1 Å². The lowest BCUT2D eigenvalue weighted by atomic mass is 10.1. The van der Waals surface area contributed by atoms with E-state index >= 15 is 0 Å². The predicted molar refractivity (Wildman–Crippen MR) is 57.5 cm³/mol. The average molecular weight is 217 g/mol. The van der Waals surface area contributed by atoms with Crippen molar-refractivity contribution in [3.63, 3.8) is 0 Å². The van der Waals surface area contributed by atoms with Crippen LogP contribution in [0.3, 0.4) is 0 Å². The maximum atomic E-state index is 5.87. The first-order valence-electron chi connectivity index (χ1n) is 4.47. The van der Waals surface area contributed by atoms with Crippen molar-refractivity contribution in [1.29, 1.82) is 0 Å². The number of halogens is 1. The minimum absolute atomic E-state index is 0.421. The van der Waals surface area contributed by atoms with Crippen LogP contribution < -0.4 is 10.6 Å². The van der Waals surface area contributed by atoms with Crippen molar-refractivity contribution in [2.75, 3.05) is 13.1 Å². The van der Waals surface area contributed by atoms with E-state index in [4.69, 9.17) is 11.6 Å². The Labute approximate surface area is 87.3 Å². The maximum absolute atomic E-state index is 5.87. The van der Waals surface area contributed by atoms with E-state index in [1.54, 1.807) is 11.3 Å². The number of hydrogen-bond donors (Lipinski definition) is 2. The predicted octanol–water partition coefficient (Wildman–Crippen LogP) is 2.02. The SMILES string of the molecule is CC(NC1CNC1)c1ccc(Cl)s1. The molecule has 1 aliphatic heterocycles. The van der Waals surface area contributed by atoms with Crippen LogP contribution in [0.15, 0.2) is 12.1 Å². The van der Waals surface area contributed by atoms with Gasteiger partial charge in [-0.05, 0) is 19.1 Å². The highest BCUT2D eigenvalue weighted by atomic mass is 35.5. The van der Waals surface area contributed by atoms with Crippen LogP contribution in [0.25, 0.3) is 0 Å². The van der Waals surface area contributed by atoms with Crippen molar-refractivity contribution in [3.05, 3.63) is 21.3 Å². The maximum Gasteiger partial charge on any atom is 0.0931 e. The molecule has 0 bridgehead atoms. The summed E-state index contributed by atoms with van der Waals surface area (Å²) in [7, 11) is 0. The van der Waals surface area contributed by atoms with E-state index in [-0.39, 0.29) is 0 Å². The van der Waals surface area contributed by atoms with Crippen molar-refractivity contribution < 1.29 is 0 Å². The van der Waals surface area contributed by atoms with Crippen molar-refractivity contribution in [1.82, 2.24) is 10.6 Å². The molecule has 1 unspecified atom stereocenters. The molecule has 4 heteroatoms. The zero-order valence-electron chi connectivity index (χ0n) is 7.51. The number of hydrogen-bond acceptors (Lipinski definition) is 3. The van der Waals surface area contributed by atoms with Gasteiger partial charge in [0.1, 0.15) is 0 Å². The molecule has 0 aliphatic carbocycles. The average Bonchev–Trinajstić information content (AvgIpc) is 2.44. The molecule has 0 aromatic carbocycles. The fourth-order valence-corrected chi connectivity index (χ4v) is 2.48. The Morgan fingerprint density at radius 3 is 2.85 bits per heavy atom. The summed E-state index contributed by atoms with van der Waals surface area (Å²) in [4.78, 5) is 1.32. The van der Waals surface area contributed by atoms with Gasteiger partial charge in [-0.3, -0.25) is 0 Å². The third-order valence-electron chi connectivity index (χ3n) is 2.29. The summed E-state index contributed by atoms with van der Waals surface area (Å²) in [6.07, 6.45) is 0. The molecule has 0 spiro atoms. The second-order valence-electron chi connectivity index (χ2n) is 3.39. The van der Waals surface area contributed by atoms with Crippen molar-refractivity contribution in [2.24, 2.45) is 0 Å². The van der Waals surface area contributed by atoms with Crippen LogP contribution in [0, 0.1) is 0 Å². The molecule has 13 heavy (non-hydrogen) atoms. The van der Waals surface area contributed by atoms with Crippen molar-refractivity contribution in [3.8, 4) is 0 Å². The van der Waals surface area contributed by atoms with Crippen LogP contribution in [0.1, 0.15) is 17.8 Å². The molecule has 1 saturated heterocycles. The van der Waals surface area contributed by atoms with Crippen LogP contribution in [-0.2, 0) is 0 Å². The fraction of sp³-hybridized carbons (Fsp3) is 0.556. The first kappa shape index (κ1) is 9.46. The molecule has 1 fully saturated rings. The summed E-state index contributed by atoms with van der Waals surface area (Å²) in [5, 5.41) is 6.77. The molecule has 0 amide bonds. The minimum Gasteiger partial charge on any atom is -0.314 e. The van der Waals surface area contributed by atoms with E-state index in [1.807, 2.05) is 6.07 Å². The van der Waals surface area contributed by atoms with Gasteiger partial charge in [0.2, 0.25) is 0 Å². The van der Waals surface area contributed by atoms with E-state index in [0.29, 0.717) is 12.1 Å². The summed E-state index contributed by atoms with van der Waals surface area (Å²) in [6.45, 7) is 4.35. The smallest absolute Gasteiger partial charge is 0.0931 e. The molecule has 0 saturated carbocycles. The lowest BCUT2D eigenvalue weighted by Gasteiger charge is -2.30. The standard InChI is InChI=1S/C9H13ClN2S/c1-6(12-7-4-11-5-7)8-2-3-9(10)13-8/h2-3,6-7,11-12H,4-5H2,1H3. The molecule has 1 aromatic rings. The summed E-state index contributed by atoms with van der Waals surface area (Å²) in [6, 6.07) is 5.11. The highest BCUT2D eigenvalue weighted by Crippen LogP contribution is 2.26. The van der Waals surface area contributed by atoms with Crippen LogP contribution >= 0.6 is 22.9 Å². The van der Waals surface area contributed by atoms with Gasteiger partial charge < -0.3 is 10.6 Å². The highest BCUT2D eigenvalue weighted by molar-refractivity contribution is 7.16. The van der Waals surface area contributed by atoms with Gasteiger partial charge in [0.25, 0.3) is 0 Å². The van der Waals surface area contributed by atoms with Crippen LogP contribution in [0.4, 0.5) is 0 Å². The van der Waals surface area contributed by atoms with E-state index < -0.39 is 0 Å². The third kappa shape index (κ3) is 2.23. The van der Waals surface area contributed by atoms with E-state index in [2.05, 4.69) is 23.6 Å². The fourth-order valence-electron chi connectivity index (χ4n) is 1.40. The Hall–Kier alpha value is -0.0900. The van der Waals surface area contributed by atoms with Gasteiger partial charge in [0.15, 0.2) is 0 Å². The second-order valence-corrected chi connectivity index (χ2v) is 5.13. The largest absolute Gasteiger partial charge is 0.314 e. The monoisotopic (exact) mass is 216 g/mol. The number of nitrogens with one attached hydrogen (secondary N) is 2. The first-order chi connectivity index (χ1) is 6.25. The normalized spacial score (nSPS) is 19.8. The van der Waals surface area contributed by atoms with E-state index in [0.717, 1.165) is 17.4 Å². The van der Waals surface area contributed by atoms with Gasteiger partial charge in [-0.15, -0.1) is 11.3 Å². The minimum atomic E-state index is 0.421. The lowest BCUT2D eigenvalue weighted by Crippen LogP contribution is -2.55. The Balaban J connectivity index is 1.92. The second kappa shape index (κ2) is 3.96. The van der Waals surface area contributed by atoms with Crippen LogP contribution in [0.5, 0.6) is 0 Å². The molecule has 2 heterocycles. The lowest BCUT2D eigenvalue weighted by molar-refractivity contribution is 0.340. The molecule has 2 nitrogen and oxygen atoms in total. The van der Waals surface area contributed by atoms with Crippen molar-refractivity contribution in [2.45, 2.75) is 19.0 Å². The molecule has 72 valence electrons. The number of thiophene rings is 1. The molecule has 0 radical (unpaired) electrons. The van der Waals surface area contributed by atoms with Gasteiger partial charge in [-0.25, -0.2) is 0 Å². The Morgan fingerprint density at radius 1 is 1.62 bits per heavy atom. The van der Waals surface area contributed by atoms with E-state index in [1.165, 1.54) is 4.88 Å². The summed E-state index contributed by atoms with van der Waals surface area (Å²) in [5.41, 5.74) is 0. The molecule has 1 aromatic heterocycles. The van der Waals surface area contributed by atoms with Gasteiger partial charge in [-0.2, -0.15) is 0 Å². The van der Waals surface area contributed by atoms with Gasteiger partial charge in [-0.1, -0.05) is 11.6 Å². The molecule has 2 N–H and O–H groups in total. The quantitative estimate of drug-likeness (QED) is 0.808. The molecular weight excluding hydrogens is 204 g/mol. The Morgan fingerprint density at radius 2 is 2.38 bits per heavy atom. The first-order valence-corrected chi connectivity index (χ1v) is 5.67. The Bertz CT molecular complexity index is 283. The van der Waals surface area contributed by atoms with Crippen LogP contribution in [-0.4, -0.2) is 19.1 Å². The third-order valence-corrected chi connectivity index (χ3v) is 3.70. The van der Waals surface area contributed by atoms with Gasteiger partial charge >= 0.3 is 0 Å². The molecule has 1 atom stereocenters. The Kier molecular flexibility index (Phi) is 2.89. The van der Waals surface area contributed by atoms with Crippen LogP contribution in [0.2, 0.25) is 4.34 Å².